The normalized spacial score (nSPS) is 17.3. The summed E-state index contributed by atoms with van der Waals surface area (Å²) in [7, 11) is 0. The number of anilines is 1. The predicted octanol–water partition coefficient (Wildman–Crippen LogP) is 5.54. The van der Waals surface area contributed by atoms with Gasteiger partial charge in [-0.15, -0.1) is 0 Å². The minimum absolute atomic E-state index is 0.128. The van der Waals surface area contributed by atoms with Gasteiger partial charge in [-0.25, -0.2) is 4.98 Å². The molecule has 0 saturated carbocycles. The van der Waals surface area contributed by atoms with Crippen molar-refractivity contribution >= 4 is 34.9 Å². The molecule has 1 amide bonds. The minimum Gasteiger partial charge on any atom is -0.353 e. The first kappa shape index (κ1) is 27.9. The molecule has 3 heterocycles. The van der Waals surface area contributed by atoms with Crippen molar-refractivity contribution in [3.8, 4) is 0 Å². The lowest BCUT2D eigenvalue weighted by Gasteiger charge is -2.43. The van der Waals surface area contributed by atoms with E-state index in [9.17, 15) is 4.79 Å². The molecule has 2 aromatic carbocycles. The Bertz CT molecular complexity index is 1210. The summed E-state index contributed by atoms with van der Waals surface area (Å²) >= 11 is 12.6. The van der Waals surface area contributed by atoms with Crippen LogP contribution in [0.2, 0.25) is 10.0 Å². The Kier molecular flexibility index (Phi) is 9.75. The first-order valence-electron chi connectivity index (χ1n) is 14.0. The van der Waals surface area contributed by atoms with Crippen molar-refractivity contribution in [1.29, 1.82) is 0 Å². The van der Waals surface area contributed by atoms with E-state index < -0.39 is 0 Å². The van der Waals surface area contributed by atoms with E-state index in [1.807, 2.05) is 30.3 Å². The van der Waals surface area contributed by atoms with Crippen molar-refractivity contribution in [2.45, 2.75) is 38.3 Å². The SMILES string of the molecule is O=C(NCCCc1ccccc1)c1cnc(N2CCN(C3CCN(Cc4ccc(Cl)cc4)CC3)CC2)c(Cl)c1. The molecule has 2 aliphatic rings. The van der Waals surface area contributed by atoms with Crippen molar-refractivity contribution < 1.29 is 4.79 Å². The van der Waals surface area contributed by atoms with Gasteiger partial charge in [-0.05, 0) is 68.1 Å². The Morgan fingerprint density at radius 1 is 0.897 bits per heavy atom. The first-order chi connectivity index (χ1) is 19.0. The summed E-state index contributed by atoms with van der Waals surface area (Å²) in [6.45, 7) is 7.64. The standard InChI is InChI=1S/C31H37Cl2N5O/c32-27-10-8-25(9-11-27)23-36-15-12-28(13-16-36)37-17-19-38(20-18-37)30-29(33)21-26(22-35-30)31(39)34-14-4-7-24-5-2-1-3-6-24/h1-3,5-6,8-11,21-22,28H,4,7,12-20,23H2,(H,34,39). The predicted molar refractivity (Wildman–Crippen MR) is 160 cm³/mol. The van der Waals surface area contributed by atoms with Crippen molar-refractivity contribution in [2.24, 2.45) is 0 Å². The molecule has 2 fully saturated rings. The number of carbonyl (C=O) groups excluding carboxylic acids is 1. The number of benzene rings is 2. The third kappa shape index (κ3) is 7.73. The minimum atomic E-state index is -0.128. The molecule has 0 unspecified atom stereocenters. The van der Waals surface area contributed by atoms with E-state index >= 15 is 0 Å². The molecule has 0 bridgehead atoms. The number of carbonyl (C=O) groups is 1. The fourth-order valence-corrected chi connectivity index (χ4v) is 6.03. The van der Waals surface area contributed by atoms with Crippen LogP contribution in [0.1, 0.15) is 40.7 Å². The summed E-state index contributed by atoms with van der Waals surface area (Å²) in [4.78, 5) is 24.6. The molecule has 39 heavy (non-hydrogen) atoms. The number of hydrogen-bond acceptors (Lipinski definition) is 5. The second-order valence-electron chi connectivity index (χ2n) is 10.5. The lowest BCUT2D eigenvalue weighted by Crippen LogP contribution is -2.53. The van der Waals surface area contributed by atoms with E-state index in [4.69, 9.17) is 23.2 Å². The van der Waals surface area contributed by atoms with Gasteiger partial charge in [-0.1, -0.05) is 65.7 Å². The number of piperidine rings is 1. The van der Waals surface area contributed by atoms with Gasteiger partial charge in [0.15, 0.2) is 0 Å². The zero-order valence-corrected chi connectivity index (χ0v) is 23.9. The number of pyridine rings is 1. The maximum atomic E-state index is 12.6. The number of amides is 1. The number of hydrogen-bond donors (Lipinski definition) is 1. The molecular formula is C31H37Cl2N5O. The summed E-state index contributed by atoms with van der Waals surface area (Å²) in [5.74, 6) is 0.644. The van der Waals surface area contributed by atoms with Crippen LogP contribution >= 0.6 is 23.2 Å². The number of piperazine rings is 1. The van der Waals surface area contributed by atoms with Gasteiger partial charge < -0.3 is 10.2 Å². The molecule has 206 valence electrons. The van der Waals surface area contributed by atoms with Gasteiger partial charge in [0.05, 0.1) is 10.6 Å². The highest BCUT2D eigenvalue weighted by atomic mass is 35.5. The summed E-state index contributed by atoms with van der Waals surface area (Å²) in [6, 6.07) is 20.9. The molecule has 0 radical (unpaired) electrons. The van der Waals surface area contributed by atoms with Crippen LogP contribution in [0.25, 0.3) is 0 Å². The van der Waals surface area contributed by atoms with E-state index in [2.05, 4.69) is 49.3 Å². The Labute approximate surface area is 241 Å². The highest BCUT2D eigenvalue weighted by Gasteiger charge is 2.28. The third-order valence-electron chi connectivity index (χ3n) is 7.86. The average Bonchev–Trinajstić information content (AvgIpc) is 2.97. The van der Waals surface area contributed by atoms with Gasteiger partial charge in [0.2, 0.25) is 0 Å². The number of halogens is 2. The highest BCUT2D eigenvalue weighted by molar-refractivity contribution is 6.33. The van der Waals surface area contributed by atoms with E-state index in [-0.39, 0.29) is 5.91 Å². The molecule has 0 spiro atoms. The van der Waals surface area contributed by atoms with Crippen molar-refractivity contribution in [3.63, 3.8) is 0 Å². The smallest absolute Gasteiger partial charge is 0.252 e. The van der Waals surface area contributed by atoms with Gasteiger partial charge in [-0.3, -0.25) is 14.6 Å². The zero-order valence-electron chi connectivity index (χ0n) is 22.4. The Balaban J connectivity index is 1.04. The summed E-state index contributed by atoms with van der Waals surface area (Å²) < 4.78 is 0. The van der Waals surface area contributed by atoms with Crippen LogP contribution in [0.5, 0.6) is 0 Å². The van der Waals surface area contributed by atoms with E-state index in [0.717, 1.165) is 69.5 Å². The Hall–Kier alpha value is -2.64. The molecule has 1 N–H and O–H groups in total. The summed E-state index contributed by atoms with van der Waals surface area (Å²) in [6.07, 6.45) is 5.87. The Morgan fingerprint density at radius 3 is 2.31 bits per heavy atom. The topological polar surface area (TPSA) is 51.7 Å². The van der Waals surface area contributed by atoms with Crippen LogP contribution in [0.4, 0.5) is 5.82 Å². The van der Waals surface area contributed by atoms with Gasteiger partial charge >= 0.3 is 0 Å². The fraction of sp³-hybridized carbons (Fsp3) is 0.419. The number of aromatic nitrogens is 1. The fourth-order valence-electron chi connectivity index (χ4n) is 5.62. The Morgan fingerprint density at radius 2 is 1.62 bits per heavy atom. The number of nitrogens with zero attached hydrogens (tertiary/aromatic N) is 4. The third-order valence-corrected chi connectivity index (χ3v) is 8.39. The second-order valence-corrected chi connectivity index (χ2v) is 11.4. The molecule has 8 heteroatoms. The monoisotopic (exact) mass is 565 g/mol. The summed E-state index contributed by atoms with van der Waals surface area (Å²) in [5.41, 5.74) is 3.11. The number of nitrogens with one attached hydrogen (secondary N) is 1. The first-order valence-corrected chi connectivity index (χ1v) is 14.7. The van der Waals surface area contributed by atoms with Gasteiger partial charge in [0, 0.05) is 56.5 Å². The number of likely N-dealkylation sites (tertiary alicyclic amines) is 1. The van der Waals surface area contributed by atoms with Crippen molar-refractivity contribution in [3.05, 3.63) is 93.6 Å². The summed E-state index contributed by atoms with van der Waals surface area (Å²) in [5, 5.41) is 4.32. The van der Waals surface area contributed by atoms with E-state index in [0.29, 0.717) is 23.2 Å². The number of rotatable bonds is 9. The van der Waals surface area contributed by atoms with Crippen LogP contribution in [-0.2, 0) is 13.0 Å². The lowest BCUT2D eigenvalue weighted by molar-refractivity contribution is 0.0952. The molecule has 0 aliphatic carbocycles. The molecule has 0 atom stereocenters. The van der Waals surface area contributed by atoms with Crippen LogP contribution in [-0.4, -0.2) is 72.5 Å². The van der Waals surface area contributed by atoms with Crippen LogP contribution in [0.3, 0.4) is 0 Å². The molecule has 6 nitrogen and oxygen atoms in total. The lowest BCUT2D eigenvalue weighted by atomic mass is 10.0. The number of aryl methyl sites for hydroxylation is 1. The molecular weight excluding hydrogens is 529 g/mol. The van der Waals surface area contributed by atoms with Gasteiger partial charge in [0.25, 0.3) is 5.91 Å². The zero-order chi connectivity index (χ0) is 27.0. The maximum absolute atomic E-state index is 12.6. The van der Waals surface area contributed by atoms with Crippen LogP contribution in [0, 0.1) is 0 Å². The average molecular weight is 567 g/mol. The second kappa shape index (κ2) is 13.6. The maximum Gasteiger partial charge on any atom is 0.252 e. The highest BCUT2D eigenvalue weighted by Crippen LogP contribution is 2.27. The molecule has 2 aliphatic heterocycles. The molecule has 5 rings (SSSR count). The molecule has 1 aromatic heterocycles. The largest absolute Gasteiger partial charge is 0.353 e. The quantitative estimate of drug-likeness (QED) is 0.345. The molecule has 3 aromatic rings. The van der Waals surface area contributed by atoms with Crippen LogP contribution < -0.4 is 10.2 Å². The van der Waals surface area contributed by atoms with Crippen molar-refractivity contribution in [1.82, 2.24) is 20.1 Å². The van der Waals surface area contributed by atoms with E-state index in [1.165, 1.54) is 24.0 Å². The molecule has 2 saturated heterocycles. The van der Waals surface area contributed by atoms with Gasteiger partial charge in [0.1, 0.15) is 5.82 Å². The van der Waals surface area contributed by atoms with Crippen LogP contribution in [0.15, 0.2) is 66.9 Å². The van der Waals surface area contributed by atoms with E-state index in [1.54, 1.807) is 12.3 Å². The van der Waals surface area contributed by atoms with Gasteiger partial charge in [-0.2, -0.15) is 0 Å². The van der Waals surface area contributed by atoms with Crippen molar-refractivity contribution in [2.75, 3.05) is 50.7 Å².